The number of benzene rings is 9. The van der Waals surface area contributed by atoms with E-state index >= 15 is 0 Å². The third-order valence-electron chi connectivity index (χ3n) is 8.63. The predicted octanol–water partition coefficient (Wildman–Crippen LogP) is 12.5. The second kappa shape index (κ2) is 11.2. The lowest BCUT2D eigenvalue weighted by atomic mass is 9.86. The van der Waals surface area contributed by atoms with E-state index in [1.54, 1.807) is 0 Å². The molecule has 9 aromatic carbocycles. The Bertz CT molecular complexity index is 2120. The molecule has 0 bridgehead atoms. The molecule has 0 heterocycles. The molecule has 44 heavy (non-hydrogen) atoms. The van der Waals surface area contributed by atoms with Crippen LogP contribution in [0, 0.1) is 0 Å². The van der Waals surface area contributed by atoms with Gasteiger partial charge in [0.05, 0.1) is 0 Å². The molecule has 0 unspecified atom stereocenters. The standard InChI is InChI=1S/C26H18.C18H12/c1-3-11-19(12-4-1)25-21-15-7-9-17-23(21)26(20-13-5-2-6-14-20)24-18-10-8-16-22(24)25;1-2-6-14-10-18-12-16-8-4-3-7-15(16)11-17(18)9-13(14)5-1/h1-18H;1-12H. The van der Waals surface area contributed by atoms with Crippen LogP contribution < -0.4 is 0 Å². The van der Waals surface area contributed by atoms with E-state index in [0.29, 0.717) is 0 Å². The summed E-state index contributed by atoms with van der Waals surface area (Å²) in [6.07, 6.45) is 0. The van der Waals surface area contributed by atoms with Gasteiger partial charge < -0.3 is 0 Å². The Morgan fingerprint density at radius 3 is 0.750 bits per heavy atom. The Morgan fingerprint density at radius 1 is 0.205 bits per heavy atom. The van der Waals surface area contributed by atoms with Crippen LogP contribution in [0.1, 0.15) is 0 Å². The predicted molar refractivity (Wildman–Crippen MR) is 191 cm³/mol. The highest BCUT2D eigenvalue weighted by molar-refractivity contribution is 6.21. The van der Waals surface area contributed by atoms with Gasteiger partial charge in [0.1, 0.15) is 0 Å². The van der Waals surface area contributed by atoms with Gasteiger partial charge in [-0.2, -0.15) is 0 Å². The molecule has 0 N–H and O–H groups in total. The summed E-state index contributed by atoms with van der Waals surface area (Å²) in [4.78, 5) is 0. The molecule has 0 aromatic heterocycles. The Labute approximate surface area is 257 Å². The van der Waals surface area contributed by atoms with Crippen LogP contribution in [0.4, 0.5) is 0 Å². The van der Waals surface area contributed by atoms with E-state index in [0.717, 1.165) is 0 Å². The molecule has 0 saturated heterocycles. The fourth-order valence-electron chi connectivity index (χ4n) is 6.59. The second-order valence-corrected chi connectivity index (χ2v) is 11.3. The summed E-state index contributed by atoms with van der Waals surface area (Å²) < 4.78 is 0. The SMILES string of the molecule is c1ccc(-c2c3ccccc3c(-c3ccccc3)c3ccccc23)cc1.c1ccc2cc3cc4ccccc4cc3cc2c1. The maximum atomic E-state index is 2.27. The lowest BCUT2D eigenvalue weighted by molar-refractivity contribution is 1.65. The average molecular weight is 559 g/mol. The van der Waals surface area contributed by atoms with Crippen molar-refractivity contribution in [2.24, 2.45) is 0 Å². The lowest BCUT2D eigenvalue weighted by Gasteiger charge is -2.17. The van der Waals surface area contributed by atoms with Crippen molar-refractivity contribution >= 4 is 53.9 Å². The summed E-state index contributed by atoms with van der Waals surface area (Å²) >= 11 is 0. The molecule has 9 aromatic rings. The van der Waals surface area contributed by atoms with E-state index in [1.165, 1.54) is 76.1 Å². The van der Waals surface area contributed by atoms with Gasteiger partial charge in [-0.1, -0.05) is 158 Å². The highest BCUT2D eigenvalue weighted by Crippen LogP contribution is 2.43. The molecule has 0 nitrogen and oxygen atoms in total. The molecule has 0 aliphatic carbocycles. The van der Waals surface area contributed by atoms with Crippen LogP contribution in [0.2, 0.25) is 0 Å². The molecule has 0 aliphatic rings. The number of hydrogen-bond donors (Lipinski definition) is 0. The first-order valence-corrected chi connectivity index (χ1v) is 15.2. The van der Waals surface area contributed by atoms with E-state index in [-0.39, 0.29) is 0 Å². The van der Waals surface area contributed by atoms with Crippen LogP contribution in [0.25, 0.3) is 76.1 Å². The Hall–Kier alpha value is -5.72. The molecular weight excluding hydrogens is 528 g/mol. The Kier molecular flexibility index (Phi) is 6.59. The van der Waals surface area contributed by atoms with Gasteiger partial charge in [0.2, 0.25) is 0 Å². The molecule has 0 amide bonds. The first-order valence-electron chi connectivity index (χ1n) is 15.2. The molecule has 9 rings (SSSR count). The topological polar surface area (TPSA) is 0 Å². The molecule has 0 atom stereocenters. The van der Waals surface area contributed by atoms with Gasteiger partial charge in [0.15, 0.2) is 0 Å². The normalized spacial score (nSPS) is 11.2. The summed E-state index contributed by atoms with van der Waals surface area (Å²) in [7, 11) is 0. The Balaban J connectivity index is 0.000000140. The zero-order valence-corrected chi connectivity index (χ0v) is 24.3. The number of rotatable bonds is 2. The third kappa shape index (κ3) is 4.68. The van der Waals surface area contributed by atoms with Crippen LogP contribution in [0.15, 0.2) is 182 Å². The van der Waals surface area contributed by atoms with Gasteiger partial charge in [-0.05, 0) is 100 Å². The van der Waals surface area contributed by atoms with Crippen LogP contribution >= 0.6 is 0 Å². The van der Waals surface area contributed by atoms with Gasteiger partial charge in [-0.3, -0.25) is 0 Å². The molecule has 0 fully saturated rings. The molecule has 206 valence electrons. The minimum Gasteiger partial charge on any atom is -0.0622 e. The maximum Gasteiger partial charge on any atom is -0.00264 e. The fraction of sp³-hybridized carbons (Fsp3) is 0. The van der Waals surface area contributed by atoms with E-state index in [2.05, 4.69) is 182 Å². The smallest absolute Gasteiger partial charge is 0.00264 e. The quantitative estimate of drug-likeness (QED) is 0.185. The van der Waals surface area contributed by atoms with Crippen molar-refractivity contribution in [1.29, 1.82) is 0 Å². The van der Waals surface area contributed by atoms with Gasteiger partial charge >= 0.3 is 0 Å². The third-order valence-corrected chi connectivity index (χ3v) is 8.63. The van der Waals surface area contributed by atoms with E-state index < -0.39 is 0 Å². The van der Waals surface area contributed by atoms with Crippen molar-refractivity contribution in [2.75, 3.05) is 0 Å². The van der Waals surface area contributed by atoms with Crippen molar-refractivity contribution in [3.63, 3.8) is 0 Å². The molecule has 0 saturated carbocycles. The summed E-state index contributed by atoms with van der Waals surface area (Å²) in [6.45, 7) is 0. The molecular formula is C44H30. The van der Waals surface area contributed by atoms with E-state index in [4.69, 9.17) is 0 Å². The minimum atomic E-state index is 1.26. The molecule has 0 aliphatic heterocycles. The minimum absolute atomic E-state index is 1.26. The fourth-order valence-corrected chi connectivity index (χ4v) is 6.59. The van der Waals surface area contributed by atoms with Gasteiger partial charge in [0, 0.05) is 0 Å². The van der Waals surface area contributed by atoms with Crippen molar-refractivity contribution in [2.45, 2.75) is 0 Å². The van der Waals surface area contributed by atoms with Crippen molar-refractivity contribution in [3.8, 4) is 22.3 Å². The summed E-state index contributed by atoms with van der Waals surface area (Å²) in [5.74, 6) is 0. The average Bonchev–Trinajstić information content (AvgIpc) is 3.09. The van der Waals surface area contributed by atoms with Gasteiger partial charge in [-0.15, -0.1) is 0 Å². The molecule has 0 heteroatoms. The summed E-state index contributed by atoms with van der Waals surface area (Å²) in [5.41, 5.74) is 5.16. The highest BCUT2D eigenvalue weighted by atomic mass is 14.2. The first kappa shape index (κ1) is 25.9. The Morgan fingerprint density at radius 2 is 0.455 bits per heavy atom. The summed E-state index contributed by atoms with van der Waals surface area (Å²) in [5, 5.41) is 13.1. The van der Waals surface area contributed by atoms with Crippen LogP contribution in [-0.2, 0) is 0 Å². The first-order chi connectivity index (χ1) is 21.8. The summed E-state index contributed by atoms with van der Waals surface area (Å²) in [6, 6.07) is 65.1. The van der Waals surface area contributed by atoms with Crippen LogP contribution in [0.5, 0.6) is 0 Å². The zero-order chi connectivity index (χ0) is 29.3. The monoisotopic (exact) mass is 558 g/mol. The lowest BCUT2D eigenvalue weighted by Crippen LogP contribution is -1.90. The van der Waals surface area contributed by atoms with Crippen LogP contribution in [0.3, 0.4) is 0 Å². The van der Waals surface area contributed by atoms with Gasteiger partial charge in [0.25, 0.3) is 0 Å². The number of fused-ring (bicyclic) bond motifs is 5. The molecule has 0 spiro atoms. The van der Waals surface area contributed by atoms with Crippen molar-refractivity contribution < 1.29 is 0 Å². The maximum absolute atomic E-state index is 2.27. The van der Waals surface area contributed by atoms with Crippen molar-refractivity contribution in [3.05, 3.63) is 182 Å². The second-order valence-electron chi connectivity index (χ2n) is 11.3. The number of hydrogen-bond acceptors (Lipinski definition) is 0. The molecule has 0 radical (unpaired) electrons. The van der Waals surface area contributed by atoms with Crippen LogP contribution in [-0.4, -0.2) is 0 Å². The van der Waals surface area contributed by atoms with Gasteiger partial charge in [-0.25, -0.2) is 0 Å². The van der Waals surface area contributed by atoms with E-state index in [9.17, 15) is 0 Å². The van der Waals surface area contributed by atoms with E-state index in [1.807, 2.05) is 0 Å². The largest absolute Gasteiger partial charge is 0.0622 e. The highest BCUT2D eigenvalue weighted by Gasteiger charge is 2.15. The zero-order valence-electron chi connectivity index (χ0n) is 24.3. The van der Waals surface area contributed by atoms with Crippen molar-refractivity contribution in [1.82, 2.24) is 0 Å².